The molecule has 38 heavy (non-hydrogen) atoms. The molecular formula is C29H25N5O4. The van der Waals surface area contributed by atoms with Crippen molar-refractivity contribution in [2.24, 2.45) is 7.05 Å². The van der Waals surface area contributed by atoms with Gasteiger partial charge in [-0.2, -0.15) is 0 Å². The summed E-state index contributed by atoms with van der Waals surface area (Å²) in [6.45, 7) is 0.530. The van der Waals surface area contributed by atoms with Crippen LogP contribution in [0, 0.1) is 0 Å². The molecule has 3 heterocycles. The number of nitrogens with zero attached hydrogens (tertiary/aromatic N) is 4. The first-order valence-electron chi connectivity index (χ1n) is 12.3. The Morgan fingerprint density at radius 2 is 1.82 bits per heavy atom. The Morgan fingerprint density at radius 1 is 1.05 bits per heavy atom. The summed E-state index contributed by atoms with van der Waals surface area (Å²) in [5, 5.41) is 13.5. The zero-order valence-electron chi connectivity index (χ0n) is 20.9. The number of hydrogen-bond acceptors (Lipinski definition) is 7. The molecule has 9 nitrogen and oxygen atoms in total. The van der Waals surface area contributed by atoms with E-state index in [0.717, 1.165) is 16.7 Å². The molecule has 1 aliphatic rings. The number of para-hydroxylation sites is 2. The number of fused-ring (bicyclic) bond motifs is 2. The van der Waals surface area contributed by atoms with E-state index < -0.39 is 11.3 Å². The third-order valence-electron chi connectivity index (χ3n) is 6.97. The number of oxazole rings is 1. The number of amides is 1. The van der Waals surface area contributed by atoms with Gasteiger partial charge in [-0.3, -0.25) is 14.2 Å². The van der Waals surface area contributed by atoms with E-state index in [0.29, 0.717) is 35.6 Å². The van der Waals surface area contributed by atoms with Crippen LogP contribution in [0.3, 0.4) is 0 Å². The molecule has 6 rings (SSSR count). The second kappa shape index (κ2) is 9.19. The molecular weight excluding hydrogens is 482 g/mol. The molecule has 1 unspecified atom stereocenters. The quantitative estimate of drug-likeness (QED) is 0.380. The minimum Gasteiger partial charge on any atom is -0.501 e. The van der Waals surface area contributed by atoms with Gasteiger partial charge in [-0.1, -0.05) is 48.5 Å². The summed E-state index contributed by atoms with van der Waals surface area (Å²) in [6, 6.07) is 22.6. The molecule has 1 aliphatic heterocycles. The van der Waals surface area contributed by atoms with E-state index in [1.807, 2.05) is 65.6 Å². The smallest absolute Gasteiger partial charge is 0.297 e. The van der Waals surface area contributed by atoms with Gasteiger partial charge in [0.25, 0.3) is 17.4 Å². The number of nitrogens with one attached hydrogen (secondary N) is 1. The van der Waals surface area contributed by atoms with Gasteiger partial charge in [0, 0.05) is 26.2 Å². The van der Waals surface area contributed by atoms with Crippen LogP contribution in [-0.4, -0.2) is 39.1 Å². The average molecular weight is 508 g/mol. The van der Waals surface area contributed by atoms with Crippen molar-refractivity contribution in [1.82, 2.24) is 19.9 Å². The van der Waals surface area contributed by atoms with Gasteiger partial charge in [0.05, 0.1) is 6.04 Å². The highest BCUT2D eigenvalue weighted by molar-refractivity contribution is 5.94. The Kier molecular flexibility index (Phi) is 5.68. The van der Waals surface area contributed by atoms with E-state index in [1.54, 1.807) is 26.2 Å². The Morgan fingerprint density at radius 3 is 2.58 bits per heavy atom. The molecule has 0 bridgehead atoms. The third-order valence-corrected chi connectivity index (χ3v) is 6.97. The molecule has 9 heteroatoms. The highest BCUT2D eigenvalue weighted by atomic mass is 16.4. The molecule has 0 spiro atoms. The molecule has 0 fully saturated rings. The summed E-state index contributed by atoms with van der Waals surface area (Å²) in [4.78, 5) is 36.7. The van der Waals surface area contributed by atoms with Crippen molar-refractivity contribution in [3.05, 3.63) is 105 Å². The van der Waals surface area contributed by atoms with E-state index in [9.17, 15) is 14.7 Å². The Bertz CT molecular complexity index is 1710. The van der Waals surface area contributed by atoms with Crippen molar-refractivity contribution in [3.8, 4) is 17.3 Å². The normalized spacial score (nSPS) is 14.9. The van der Waals surface area contributed by atoms with Crippen LogP contribution in [0.1, 0.15) is 33.1 Å². The Labute approximate surface area is 218 Å². The van der Waals surface area contributed by atoms with Crippen LogP contribution in [0.25, 0.3) is 22.7 Å². The van der Waals surface area contributed by atoms with Gasteiger partial charge in [0.1, 0.15) is 5.52 Å². The molecule has 190 valence electrons. The fraction of sp³-hybridized carbons (Fsp3) is 0.172. The molecule has 0 saturated carbocycles. The number of carbonyl (C=O) groups is 1. The fourth-order valence-electron chi connectivity index (χ4n) is 5.08. The summed E-state index contributed by atoms with van der Waals surface area (Å²) in [6.07, 6.45) is 0.637. The minimum atomic E-state index is -0.597. The lowest BCUT2D eigenvalue weighted by atomic mass is 9.87. The van der Waals surface area contributed by atoms with Crippen LogP contribution < -0.4 is 15.8 Å². The van der Waals surface area contributed by atoms with Crippen molar-refractivity contribution in [1.29, 1.82) is 0 Å². The first-order chi connectivity index (χ1) is 18.5. The predicted octanol–water partition coefficient (Wildman–Crippen LogP) is 3.81. The van der Waals surface area contributed by atoms with Crippen LogP contribution in [0.4, 0.5) is 5.95 Å². The van der Waals surface area contributed by atoms with Gasteiger partial charge in [0.2, 0.25) is 11.7 Å². The van der Waals surface area contributed by atoms with E-state index in [2.05, 4.69) is 10.3 Å². The lowest BCUT2D eigenvalue weighted by Crippen LogP contribution is -2.40. The van der Waals surface area contributed by atoms with Gasteiger partial charge < -0.3 is 19.7 Å². The number of benzene rings is 3. The Hall–Kier alpha value is -4.92. The number of anilines is 1. The van der Waals surface area contributed by atoms with Crippen molar-refractivity contribution in [3.63, 3.8) is 0 Å². The zero-order valence-corrected chi connectivity index (χ0v) is 20.9. The number of aromatic nitrogens is 3. The molecule has 3 aromatic carbocycles. The lowest BCUT2D eigenvalue weighted by molar-refractivity contribution is 0.0963. The van der Waals surface area contributed by atoms with Gasteiger partial charge in [-0.05, 0) is 47.4 Å². The van der Waals surface area contributed by atoms with Crippen LogP contribution in [0.2, 0.25) is 0 Å². The summed E-state index contributed by atoms with van der Waals surface area (Å²) in [7, 11) is 3.20. The van der Waals surface area contributed by atoms with Crippen molar-refractivity contribution >= 4 is 23.0 Å². The lowest BCUT2D eigenvalue weighted by Gasteiger charge is -2.39. The Balaban J connectivity index is 1.53. The fourth-order valence-corrected chi connectivity index (χ4v) is 5.08. The van der Waals surface area contributed by atoms with Gasteiger partial charge in [-0.25, -0.2) is 9.97 Å². The zero-order chi connectivity index (χ0) is 26.4. The second-order valence-corrected chi connectivity index (χ2v) is 9.21. The van der Waals surface area contributed by atoms with E-state index in [-0.39, 0.29) is 23.5 Å². The number of carbonyl (C=O) groups excluding carboxylic acids is 1. The summed E-state index contributed by atoms with van der Waals surface area (Å²) in [5.74, 6) is -0.213. The van der Waals surface area contributed by atoms with Crippen LogP contribution in [0.5, 0.6) is 5.75 Å². The molecule has 5 aromatic rings. The van der Waals surface area contributed by atoms with Crippen LogP contribution >= 0.6 is 0 Å². The van der Waals surface area contributed by atoms with Gasteiger partial charge in [-0.15, -0.1) is 0 Å². The van der Waals surface area contributed by atoms with Crippen molar-refractivity contribution < 1.29 is 14.3 Å². The number of aromatic hydroxyl groups is 1. The van der Waals surface area contributed by atoms with E-state index >= 15 is 0 Å². The largest absolute Gasteiger partial charge is 0.501 e. The van der Waals surface area contributed by atoms with Crippen molar-refractivity contribution in [2.75, 3.05) is 18.5 Å². The van der Waals surface area contributed by atoms with Crippen LogP contribution in [-0.2, 0) is 13.5 Å². The third kappa shape index (κ3) is 3.80. The maximum Gasteiger partial charge on any atom is 0.297 e. The SMILES string of the molecule is CNC(=O)c1ccc2c(c1)CCN(c1nc(-c3nc4ccccc4o3)c(O)c(=O)n1C)C2c1ccccc1. The standard InChI is InChI=1S/C29H25N5O4/c1-30-26(36)19-12-13-20-18(16-19)14-15-34(24(20)17-8-4-3-5-9-17)29-32-23(25(35)28(37)33(29)2)27-31-21-10-6-7-11-22(21)38-27/h3-13,16,24,35H,14-15H2,1-2H3,(H,30,36). The molecule has 0 radical (unpaired) electrons. The van der Waals surface area contributed by atoms with E-state index in [4.69, 9.17) is 9.40 Å². The molecule has 2 aromatic heterocycles. The number of rotatable bonds is 4. The molecule has 0 aliphatic carbocycles. The topological polar surface area (TPSA) is 113 Å². The second-order valence-electron chi connectivity index (χ2n) is 9.21. The van der Waals surface area contributed by atoms with E-state index in [1.165, 1.54) is 4.57 Å². The monoisotopic (exact) mass is 507 g/mol. The van der Waals surface area contributed by atoms with Gasteiger partial charge >= 0.3 is 0 Å². The summed E-state index contributed by atoms with van der Waals surface area (Å²) in [5.41, 5.74) is 4.21. The minimum absolute atomic E-state index is 0.00752. The molecule has 1 atom stereocenters. The van der Waals surface area contributed by atoms with Crippen LogP contribution in [0.15, 0.2) is 82.0 Å². The molecule has 1 amide bonds. The maximum absolute atomic E-state index is 13.2. The van der Waals surface area contributed by atoms with Crippen molar-refractivity contribution in [2.45, 2.75) is 12.5 Å². The first kappa shape index (κ1) is 23.5. The highest BCUT2D eigenvalue weighted by Gasteiger charge is 2.33. The highest BCUT2D eigenvalue weighted by Crippen LogP contribution is 2.39. The predicted molar refractivity (Wildman–Crippen MR) is 143 cm³/mol. The average Bonchev–Trinajstić information content (AvgIpc) is 3.39. The first-order valence-corrected chi connectivity index (χ1v) is 12.3. The molecule has 0 saturated heterocycles. The number of hydrogen-bond donors (Lipinski definition) is 2. The van der Waals surface area contributed by atoms with Gasteiger partial charge in [0.15, 0.2) is 11.3 Å². The molecule has 2 N–H and O–H groups in total. The summed E-state index contributed by atoms with van der Waals surface area (Å²) >= 11 is 0. The maximum atomic E-state index is 13.2. The summed E-state index contributed by atoms with van der Waals surface area (Å²) < 4.78 is 7.20.